The van der Waals surface area contributed by atoms with Gasteiger partial charge in [-0.25, -0.2) is 4.79 Å². The third-order valence-electron chi connectivity index (χ3n) is 3.39. The van der Waals surface area contributed by atoms with E-state index in [0.29, 0.717) is 6.54 Å². The molecule has 0 aromatic heterocycles. The molecule has 0 radical (unpaired) electrons. The second-order valence-corrected chi connectivity index (χ2v) is 6.86. The summed E-state index contributed by atoms with van der Waals surface area (Å²) in [4.78, 5) is 21.9. The van der Waals surface area contributed by atoms with Crippen LogP contribution in [0.2, 0.25) is 0 Å². The molecule has 134 valence electrons. The number of alkyl carbamates (subject to hydrolysis) is 1. The number of ether oxygens (including phenoxy) is 1. The van der Waals surface area contributed by atoms with E-state index in [9.17, 15) is 14.9 Å². The van der Waals surface area contributed by atoms with Crippen molar-refractivity contribution in [2.75, 3.05) is 6.54 Å². The van der Waals surface area contributed by atoms with Gasteiger partial charge in [0.15, 0.2) is 0 Å². The minimum Gasteiger partial charge on any atom is -0.444 e. The summed E-state index contributed by atoms with van der Waals surface area (Å²) in [7, 11) is 0. The summed E-state index contributed by atoms with van der Waals surface area (Å²) >= 11 is 0. The molecule has 2 atom stereocenters. The molecule has 1 aromatic rings. The maximum Gasteiger partial charge on any atom is 0.407 e. The Kier molecular flexibility index (Phi) is 7.16. The number of benzene rings is 1. The first kappa shape index (κ1) is 19.9. The SMILES string of the molecule is CC(CCNC(C)c1ccc([N+](=O)[O-])cc1)NC(=O)OC(C)(C)C. The van der Waals surface area contributed by atoms with Gasteiger partial charge in [0.2, 0.25) is 0 Å². The first-order valence-electron chi connectivity index (χ1n) is 8.06. The Morgan fingerprint density at radius 2 is 1.83 bits per heavy atom. The van der Waals surface area contributed by atoms with E-state index in [2.05, 4.69) is 10.6 Å². The van der Waals surface area contributed by atoms with E-state index < -0.39 is 16.6 Å². The smallest absolute Gasteiger partial charge is 0.407 e. The number of rotatable bonds is 7. The van der Waals surface area contributed by atoms with E-state index in [1.165, 1.54) is 12.1 Å². The highest BCUT2D eigenvalue weighted by atomic mass is 16.6. The van der Waals surface area contributed by atoms with Crippen LogP contribution in [0.3, 0.4) is 0 Å². The van der Waals surface area contributed by atoms with E-state index in [1.807, 2.05) is 34.6 Å². The van der Waals surface area contributed by atoms with Crippen molar-refractivity contribution >= 4 is 11.8 Å². The molecule has 0 heterocycles. The van der Waals surface area contributed by atoms with Crippen LogP contribution in [0.15, 0.2) is 24.3 Å². The van der Waals surface area contributed by atoms with Crippen molar-refractivity contribution in [3.63, 3.8) is 0 Å². The molecule has 1 aromatic carbocycles. The van der Waals surface area contributed by atoms with E-state index in [0.717, 1.165) is 12.0 Å². The highest BCUT2D eigenvalue weighted by Crippen LogP contribution is 2.17. The number of carbonyl (C=O) groups excluding carboxylic acids is 1. The maximum atomic E-state index is 11.7. The number of hydrogen-bond donors (Lipinski definition) is 2. The van der Waals surface area contributed by atoms with Crippen LogP contribution in [0.1, 0.15) is 52.6 Å². The van der Waals surface area contributed by atoms with Crippen molar-refractivity contribution in [3.05, 3.63) is 39.9 Å². The molecular weight excluding hydrogens is 310 g/mol. The van der Waals surface area contributed by atoms with Gasteiger partial charge in [0, 0.05) is 24.2 Å². The molecule has 2 N–H and O–H groups in total. The van der Waals surface area contributed by atoms with Gasteiger partial charge < -0.3 is 15.4 Å². The molecule has 0 saturated heterocycles. The zero-order valence-electron chi connectivity index (χ0n) is 15.0. The van der Waals surface area contributed by atoms with Crippen molar-refractivity contribution in [1.29, 1.82) is 0 Å². The topological polar surface area (TPSA) is 93.5 Å². The van der Waals surface area contributed by atoms with Crippen molar-refractivity contribution in [2.45, 2.75) is 58.7 Å². The van der Waals surface area contributed by atoms with Crippen LogP contribution < -0.4 is 10.6 Å². The summed E-state index contributed by atoms with van der Waals surface area (Å²) in [6, 6.07) is 6.55. The van der Waals surface area contributed by atoms with Crippen LogP contribution in [-0.2, 0) is 4.74 Å². The number of hydrogen-bond acceptors (Lipinski definition) is 5. The molecule has 0 spiro atoms. The fourth-order valence-electron chi connectivity index (χ4n) is 2.10. The second kappa shape index (κ2) is 8.63. The van der Waals surface area contributed by atoms with Gasteiger partial charge in [-0.2, -0.15) is 0 Å². The van der Waals surface area contributed by atoms with Gasteiger partial charge in [-0.3, -0.25) is 10.1 Å². The van der Waals surface area contributed by atoms with Crippen LogP contribution in [0.25, 0.3) is 0 Å². The molecule has 0 aliphatic carbocycles. The lowest BCUT2D eigenvalue weighted by atomic mass is 10.1. The number of non-ortho nitro benzene ring substituents is 1. The molecule has 1 amide bonds. The van der Waals surface area contributed by atoms with Gasteiger partial charge >= 0.3 is 6.09 Å². The van der Waals surface area contributed by atoms with Gasteiger partial charge in [0.05, 0.1) is 4.92 Å². The number of amides is 1. The molecule has 2 unspecified atom stereocenters. The summed E-state index contributed by atoms with van der Waals surface area (Å²) in [5, 5.41) is 16.8. The van der Waals surface area contributed by atoms with Crippen molar-refractivity contribution < 1.29 is 14.5 Å². The highest BCUT2D eigenvalue weighted by molar-refractivity contribution is 5.68. The fraction of sp³-hybridized carbons (Fsp3) is 0.588. The van der Waals surface area contributed by atoms with Gasteiger partial charge in [-0.15, -0.1) is 0 Å². The minimum absolute atomic E-state index is 0.0172. The minimum atomic E-state index is -0.507. The van der Waals surface area contributed by atoms with Crippen molar-refractivity contribution in [2.24, 2.45) is 0 Å². The Bertz CT molecular complexity index is 552. The largest absolute Gasteiger partial charge is 0.444 e. The standard InChI is InChI=1S/C17H27N3O4/c1-12(19-16(21)24-17(3,4)5)10-11-18-13(2)14-6-8-15(9-7-14)20(22)23/h6-9,12-13,18H,10-11H2,1-5H3,(H,19,21). The molecule has 0 bridgehead atoms. The molecule has 0 aliphatic heterocycles. The van der Waals surface area contributed by atoms with Crippen molar-refractivity contribution in [1.82, 2.24) is 10.6 Å². The lowest BCUT2D eigenvalue weighted by molar-refractivity contribution is -0.384. The Labute approximate surface area is 142 Å². The van der Waals surface area contributed by atoms with Crippen LogP contribution in [0.4, 0.5) is 10.5 Å². The Hall–Kier alpha value is -2.15. The van der Waals surface area contributed by atoms with Gasteiger partial charge in [0.25, 0.3) is 5.69 Å². The highest BCUT2D eigenvalue weighted by Gasteiger charge is 2.17. The number of carbonyl (C=O) groups is 1. The summed E-state index contributed by atoms with van der Waals surface area (Å²) in [6.45, 7) is 10.1. The number of nitrogens with zero attached hydrogens (tertiary/aromatic N) is 1. The average Bonchev–Trinajstić information content (AvgIpc) is 2.45. The third-order valence-corrected chi connectivity index (χ3v) is 3.39. The summed E-state index contributed by atoms with van der Waals surface area (Å²) < 4.78 is 5.21. The number of nitrogens with one attached hydrogen (secondary N) is 2. The quantitative estimate of drug-likeness (QED) is 0.586. The first-order valence-corrected chi connectivity index (χ1v) is 8.06. The summed E-state index contributed by atoms with van der Waals surface area (Å²) in [5.74, 6) is 0. The maximum absolute atomic E-state index is 11.7. The third kappa shape index (κ3) is 7.41. The summed E-state index contributed by atoms with van der Waals surface area (Å²) in [5.41, 5.74) is 0.557. The molecule has 0 saturated carbocycles. The average molecular weight is 337 g/mol. The van der Waals surface area contributed by atoms with Gasteiger partial charge in [-0.1, -0.05) is 12.1 Å². The lowest BCUT2D eigenvalue weighted by Gasteiger charge is -2.22. The van der Waals surface area contributed by atoms with Crippen LogP contribution in [-0.4, -0.2) is 29.2 Å². The lowest BCUT2D eigenvalue weighted by Crippen LogP contribution is -2.39. The normalized spacial score (nSPS) is 13.9. The molecule has 0 fully saturated rings. The molecular formula is C17H27N3O4. The van der Waals surface area contributed by atoms with E-state index in [-0.39, 0.29) is 17.8 Å². The van der Waals surface area contributed by atoms with Crippen LogP contribution in [0, 0.1) is 10.1 Å². The Morgan fingerprint density at radius 3 is 2.33 bits per heavy atom. The first-order chi connectivity index (χ1) is 11.1. The molecule has 7 heteroatoms. The van der Waals surface area contributed by atoms with Crippen LogP contribution >= 0.6 is 0 Å². The number of nitro groups is 1. The Morgan fingerprint density at radius 1 is 1.25 bits per heavy atom. The monoisotopic (exact) mass is 337 g/mol. The molecule has 1 rings (SSSR count). The predicted molar refractivity (Wildman–Crippen MR) is 93.0 cm³/mol. The zero-order chi connectivity index (χ0) is 18.3. The zero-order valence-corrected chi connectivity index (χ0v) is 15.0. The van der Waals surface area contributed by atoms with Crippen LogP contribution in [0.5, 0.6) is 0 Å². The van der Waals surface area contributed by atoms with E-state index in [4.69, 9.17) is 4.74 Å². The summed E-state index contributed by atoms with van der Waals surface area (Å²) in [6.07, 6.45) is 0.328. The van der Waals surface area contributed by atoms with Gasteiger partial charge in [0.1, 0.15) is 5.60 Å². The van der Waals surface area contributed by atoms with Gasteiger partial charge in [-0.05, 0) is 53.1 Å². The fourth-order valence-corrected chi connectivity index (χ4v) is 2.10. The molecule has 0 aliphatic rings. The second-order valence-electron chi connectivity index (χ2n) is 6.86. The molecule has 24 heavy (non-hydrogen) atoms. The van der Waals surface area contributed by atoms with E-state index in [1.54, 1.807) is 12.1 Å². The van der Waals surface area contributed by atoms with E-state index >= 15 is 0 Å². The Balaban J connectivity index is 2.35. The molecule has 7 nitrogen and oxygen atoms in total. The predicted octanol–water partition coefficient (Wildman–Crippen LogP) is 3.55. The van der Waals surface area contributed by atoms with Crippen molar-refractivity contribution in [3.8, 4) is 0 Å². The number of nitro benzene ring substituents is 1.